The zero-order chi connectivity index (χ0) is 13.8. The molecule has 0 radical (unpaired) electrons. The molecule has 1 amide bonds. The van der Waals surface area contributed by atoms with Crippen LogP contribution in [0.25, 0.3) is 0 Å². The van der Waals surface area contributed by atoms with E-state index in [-0.39, 0.29) is 11.7 Å². The van der Waals surface area contributed by atoms with Crippen LogP contribution in [0.1, 0.15) is 23.7 Å². The molecule has 0 bridgehead atoms. The Kier molecular flexibility index (Phi) is 4.29. The Morgan fingerprint density at radius 2 is 2.32 bits per heavy atom. The summed E-state index contributed by atoms with van der Waals surface area (Å²) in [6.07, 6.45) is 0.0431. The number of carbonyl (C=O) groups excluding carboxylic acids is 2. The molecule has 5 heteroatoms. The van der Waals surface area contributed by atoms with E-state index in [9.17, 15) is 9.59 Å². The number of amides is 1. The SMILES string of the molecule is CC(=O)c1cccc(N2CCOC(CCN)C2=O)c1. The second-order valence-electron chi connectivity index (χ2n) is 4.53. The van der Waals surface area contributed by atoms with Gasteiger partial charge >= 0.3 is 0 Å². The van der Waals surface area contributed by atoms with E-state index in [1.54, 1.807) is 23.1 Å². The number of ether oxygens (including phenoxy) is 1. The predicted molar refractivity (Wildman–Crippen MR) is 72.2 cm³/mol. The Balaban J connectivity index is 2.23. The number of rotatable bonds is 4. The van der Waals surface area contributed by atoms with Crippen LogP contribution < -0.4 is 10.6 Å². The molecule has 1 aliphatic heterocycles. The average molecular weight is 262 g/mol. The highest BCUT2D eigenvalue weighted by Crippen LogP contribution is 2.21. The van der Waals surface area contributed by atoms with E-state index in [2.05, 4.69) is 0 Å². The van der Waals surface area contributed by atoms with Crippen LogP contribution in [0, 0.1) is 0 Å². The predicted octanol–water partition coefficient (Wildman–Crippen LogP) is 0.970. The molecular weight excluding hydrogens is 244 g/mol. The fraction of sp³-hybridized carbons (Fsp3) is 0.429. The highest BCUT2D eigenvalue weighted by Gasteiger charge is 2.29. The van der Waals surface area contributed by atoms with E-state index in [4.69, 9.17) is 10.5 Å². The number of Topliss-reactive ketones (excluding diaryl/α,β-unsaturated/α-hetero) is 1. The number of hydrogen-bond acceptors (Lipinski definition) is 4. The summed E-state index contributed by atoms with van der Waals surface area (Å²) in [6.45, 7) is 2.91. The molecule has 1 fully saturated rings. The molecular formula is C14H18N2O3. The van der Waals surface area contributed by atoms with Crippen LogP contribution in [-0.2, 0) is 9.53 Å². The minimum atomic E-state index is -0.472. The molecule has 1 saturated heterocycles. The van der Waals surface area contributed by atoms with Crippen molar-refractivity contribution >= 4 is 17.4 Å². The van der Waals surface area contributed by atoms with E-state index in [1.165, 1.54) is 6.92 Å². The quantitative estimate of drug-likeness (QED) is 0.821. The molecule has 0 saturated carbocycles. The van der Waals surface area contributed by atoms with Crippen molar-refractivity contribution in [3.05, 3.63) is 29.8 Å². The smallest absolute Gasteiger partial charge is 0.256 e. The first-order valence-corrected chi connectivity index (χ1v) is 6.37. The van der Waals surface area contributed by atoms with Crippen LogP contribution in [-0.4, -0.2) is 37.5 Å². The van der Waals surface area contributed by atoms with E-state index >= 15 is 0 Å². The summed E-state index contributed by atoms with van der Waals surface area (Å²) in [4.78, 5) is 25.3. The molecule has 1 aromatic rings. The van der Waals surface area contributed by atoms with Gasteiger partial charge in [0.25, 0.3) is 5.91 Å². The van der Waals surface area contributed by atoms with Gasteiger partial charge in [0.2, 0.25) is 0 Å². The van der Waals surface area contributed by atoms with Gasteiger partial charge < -0.3 is 15.4 Å². The average Bonchev–Trinajstić information content (AvgIpc) is 2.41. The van der Waals surface area contributed by atoms with Crippen molar-refractivity contribution in [1.29, 1.82) is 0 Å². The molecule has 19 heavy (non-hydrogen) atoms. The summed E-state index contributed by atoms with van der Waals surface area (Å²) in [5, 5.41) is 0. The van der Waals surface area contributed by atoms with Crippen LogP contribution >= 0.6 is 0 Å². The number of carbonyl (C=O) groups is 2. The monoisotopic (exact) mass is 262 g/mol. The molecule has 5 nitrogen and oxygen atoms in total. The number of morpholine rings is 1. The fourth-order valence-corrected chi connectivity index (χ4v) is 2.15. The van der Waals surface area contributed by atoms with E-state index < -0.39 is 6.10 Å². The summed E-state index contributed by atoms with van der Waals surface area (Å²) >= 11 is 0. The number of anilines is 1. The van der Waals surface area contributed by atoms with Gasteiger partial charge in [-0.2, -0.15) is 0 Å². The molecule has 102 valence electrons. The standard InChI is InChI=1S/C14H18N2O3/c1-10(17)11-3-2-4-12(9-11)16-7-8-19-13(5-6-15)14(16)18/h2-4,9,13H,5-8,15H2,1H3. The first-order valence-electron chi connectivity index (χ1n) is 6.37. The van der Waals surface area contributed by atoms with Crippen LogP contribution in [0.5, 0.6) is 0 Å². The number of nitrogens with zero attached hydrogens (tertiary/aromatic N) is 1. The van der Waals surface area contributed by atoms with Crippen molar-refractivity contribution in [2.75, 3.05) is 24.6 Å². The molecule has 0 aromatic heterocycles. The Morgan fingerprint density at radius 1 is 1.53 bits per heavy atom. The van der Waals surface area contributed by atoms with Gasteiger partial charge in [-0.1, -0.05) is 12.1 Å². The number of benzene rings is 1. The van der Waals surface area contributed by atoms with Gasteiger partial charge in [-0.05, 0) is 32.0 Å². The van der Waals surface area contributed by atoms with Crippen LogP contribution in [0.15, 0.2) is 24.3 Å². The van der Waals surface area contributed by atoms with Gasteiger partial charge in [0.1, 0.15) is 6.10 Å². The number of ketones is 1. The second kappa shape index (κ2) is 5.95. The molecule has 2 N–H and O–H groups in total. The lowest BCUT2D eigenvalue weighted by Crippen LogP contribution is -2.48. The van der Waals surface area contributed by atoms with Crippen molar-refractivity contribution in [3.8, 4) is 0 Å². The largest absolute Gasteiger partial charge is 0.366 e. The summed E-state index contributed by atoms with van der Waals surface area (Å²) in [7, 11) is 0. The molecule has 1 unspecified atom stereocenters. The van der Waals surface area contributed by atoms with Gasteiger partial charge in [-0.3, -0.25) is 9.59 Å². The first-order chi connectivity index (χ1) is 9.13. The molecule has 1 heterocycles. The molecule has 0 spiro atoms. The van der Waals surface area contributed by atoms with Crippen molar-refractivity contribution in [1.82, 2.24) is 0 Å². The van der Waals surface area contributed by atoms with E-state index in [0.29, 0.717) is 31.7 Å². The van der Waals surface area contributed by atoms with Crippen molar-refractivity contribution in [2.45, 2.75) is 19.4 Å². The van der Waals surface area contributed by atoms with Crippen LogP contribution in [0.4, 0.5) is 5.69 Å². The van der Waals surface area contributed by atoms with Crippen molar-refractivity contribution < 1.29 is 14.3 Å². The Labute approximate surface area is 112 Å². The third-order valence-corrected chi connectivity index (χ3v) is 3.17. The Bertz CT molecular complexity index is 485. The highest BCUT2D eigenvalue weighted by molar-refractivity contribution is 5.99. The lowest BCUT2D eigenvalue weighted by molar-refractivity contribution is -0.134. The Morgan fingerprint density at radius 3 is 3.00 bits per heavy atom. The van der Waals surface area contributed by atoms with Gasteiger partial charge in [0.05, 0.1) is 6.61 Å². The second-order valence-corrected chi connectivity index (χ2v) is 4.53. The van der Waals surface area contributed by atoms with Gasteiger partial charge in [-0.15, -0.1) is 0 Å². The van der Waals surface area contributed by atoms with E-state index in [0.717, 1.165) is 5.69 Å². The van der Waals surface area contributed by atoms with Crippen molar-refractivity contribution in [2.24, 2.45) is 5.73 Å². The van der Waals surface area contributed by atoms with Gasteiger partial charge in [0.15, 0.2) is 5.78 Å². The molecule has 2 rings (SSSR count). The molecule has 1 aliphatic rings. The number of nitrogens with two attached hydrogens (primary N) is 1. The molecule has 1 aromatic carbocycles. The zero-order valence-electron chi connectivity index (χ0n) is 11.0. The highest BCUT2D eigenvalue weighted by atomic mass is 16.5. The minimum absolute atomic E-state index is 0.0129. The number of hydrogen-bond donors (Lipinski definition) is 1. The summed E-state index contributed by atoms with van der Waals surface area (Å²) in [5.74, 6) is -0.0986. The Hall–Kier alpha value is -1.72. The first kappa shape index (κ1) is 13.7. The maximum Gasteiger partial charge on any atom is 0.256 e. The topological polar surface area (TPSA) is 72.6 Å². The summed E-state index contributed by atoms with van der Waals surface area (Å²) in [6, 6.07) is 7.10. The molecule has 1 atom stereocenters. The minimum Gasteiger partial charge on any atom is -0.366 e. The summed E-state index contributed by atoms with van der Waals surface area (Å²) in [5.41, 5.74) is 6.82. The molecule has 0 aliphatic carbocycles. The van der Waals surface area contributed by atoms with Crippen LogP contribution in [0.2, 0.25) is 0 Å². The third kappa shape index (κ3) is 3.00. The maximum absolute atomic E-state index is 12.3. The normalized spacial score (nSPS) is 19.6. The van der Waals surface area contributed by atoms with Crippen molar-refractivity contribution in [3.63, 3.8) is 0 Å². The summed E-state index contributed by atoms with van der Waals surface area (Å²) < 4.78 is 5.42. The third-order valence-electron chi connectivity index (χ3n) is 3.17. The zero-order valence-corrected chi connectivity index (χ0v) is 11.0. The maximum atomic E-state index is 12.3. The van der Waals surface area contributed by atoms with E-state index in [1.807, 2.05) is 6.07 Å². The van der Waals surface area contributed by atoms with Crippen LogP contribution in [0.3, 0.4) is 0 Å². The fourth-order valence-electron chi connectivity index (χ4n) is 2.15. The van der Waals surface area contributed by atoms with Gasteiger partial charge in [-0.25, -0.2) is 0 Å². The lowest BCUT2D eigenvalue weighted by Gasteiger charge is -2.32. The lowest BCUT2D eigenvalue weighted by atomic mass is 10.1. The van der Waals surface area contributed by atoms with Gasteiger partial charge in [0, 0.05) is 17.8 Å².